The van der Waals surface area contributed by atoms with Crippen LogP contribution in [0.2, 0.25) is 0 Å². The molecule has 0 saturated carbocycles. The zero-order chi connectivity index (χ0) is 63.9. The minimum atomic E-state index is 0. The molecular weight excluding hydrogens is 1360 g/mol. The molecule has 19 rings (SSSR count). The van der Waals surface area contributed by atoms with Crippen LogP contribution in [0.4, 0.5) is 0 Å². The smallest absolute Gasteiger partial charge is 0.220 e. The summed E-state index contributed by atoms with van der Waals surface area (Å²) >= 11 is 0. The molecule has 0 aliphatic carbocycles. The number of benzene rings is 14. The zero-order valence-corrected chi connectivity index (χ0v) is 55.5. The van der Waals surface area contributed by atoms with E-state index in [9.17, 15) is 0 Å². The van der Waals surface area contributed by atoms with Crippen LogP contribution < -0.4 is 0 Å². The van der Waals surface area contributed by atoms with Crippen molar-refractivity contribution in [1.82, 2.24) is 33.1 Å². The van der Waals surface area contributed by atoms with E-state index in [0.29, 0.717) is 0 Å². The first-order valence-corrected chi connectivity index (χ1v) is 32.7. The van der Waals surface area contributed by atoms with Gasteiger partial charge < -0.3 is 9.55 Å². The number of pyridine rings is 1. The predicted molar refractivity (Wildman–Crippen MR) is 400 cm³/mol. The Labute approximate surface area is 575 Å². The fraction of sp³-hybridized carbons (Fsp3) is 0.0225. The Morgan fingerprint density at radius 3 is 1.38 bits per heavy atom. The molecule has 5 aromatic heterocycles. The molecule has 463 valence electrons. The van der Waals surface area contributed by atoms with Crippen molar-refractivity contribution >= 4 is 82.2 Å². The van der Waals surface area contributed by atoms with Crippen LogP contribution in [0, 0.1) is 6.07 Å². The van der Waals surface area contributed by atoms with Gasteiger partial charge in [0.1, 0.15) is 5.82 Å². The van der Waals surface area contributed by atoms with Crippen LogP contribution in [-0.4, -0.2) is 33.1 Å². The van der Waals surface area contributed by atoms with Gasteiger partial charge in [0.05, 0.1) is 44.1 Å². The number of aromatic nitrogens is 7. The first-order chi connectivity index (χ1) is 47.6. The molecule has 0 aliphatic rings. The number of fused-ring (bicyclic) bond motifs is 11. The number of hydrogen-bond acceptors (Lipinski definition) is 3. The third kappa shape index (κ3) is 10.9. The molecule has 0 amide bonds. The molecular formula is C89H62IrN7-. The minimum Gasteiger partial charge on any atom is -0.309 e. The number of nitrogens with zero attached hydrogens (tertiary/aromatic N) is 7. The molecule has 19 aromatic rings. The molecule has 0 atom stereocenters. The van der Waals surface area contributed by atoms with Crippen LogP contribution in [0.15, 0.2) is 346 Å². The van der Waals surface area contributed by atoms with Gasteiger partial charge in [-0.2, -0.15) is 0 Å². The fourth-order valence-corrected chi connectivity index (χ4v) is 14.1. The molecule has 0 fully saturated rings. The summed E-state index contributed by atoms with van der Waals surface area (Å²) in [6.07, 6.45) is 2.66. The second kappa shape index (κ2) is 26.0. The van der Waals surface area contributed by atoms with Crippen molar-refractivity contribution in [2.45, 2.75) is 13.3 Å². The molecule has 7 nitrogen and oxygen atoms in total. The van der Waals surface area contributed by atoms with E-state index in [1.807, 2.05) is 42.5 Å². The van der Waals surface area contributed by atoms with Crippen molar-refractivity contribution in [2.24, 2.45) is 0 Å². The predicted octanol–water partition coefficient (Wildman–Crippen LogP) is 22.6. The van der Waals surface area contributed by atoms with Crippen molar-refractivity contribution in [2.75, 3.05) is 0 Å². The SMILES string of the molecule is CCc1nc2ccccc2n1-c1ccc(-c2c3ccccc3c(-c3ccc(-c4ccccc4)cc3)c3ccccc23)cc1.[Ir].[c-]1ccccc1-c1ccccn1.c1ccc(-n2c3ccccc3c3cc(-c4ccc5c(c4)n4c6ccccc6nc4n5-c4ccccc4)ccc32)cc1. The molecule has 0 saturated heterocycles. The van der Waals surface area contributed by atoms with E-state index in [1.54, 1.807) is 6.20 Å². The second-order valence-corrected chi connectivity index (χ2v) is 24.1. The van der Waals surface area contributed by atoms with Crippen LogP contribution in [0.5, 0.6) is 0 Å². The van der Waals surface area contributed by atoms with Crippen molar-refractivity contribution in [3.8, 4) is 72.8 Å². The monoisotopic (exact) mass is 1420 g/mol. The standard InChI is InChI=1S/C41H30N2.C37H24N4.C11H8N.Ir/c1-2-39-42-37-18-10-11-19-38(37)43(39)32-26-24-31(25-27-32)41-35-16-8-6-14-33(35)40(34-15-7-9-17-36(34)41)30-22-20-29(21-23-30)28-12-4-3-5-13-28;1-3-11-27(12-4-1)39-32-17-9-7-15-29(32)30-23-25(19-21-33(30)39)26-20-22-35-36(24-26)41-34-18-10-8-16-31(34)38-37(41)40(35)28-13-5-2-6-14-28;1-2-6-10(7-3-1)11-8-4-5-9-12-11;/h3-27H,2H2,1H3;1-24H;1-6,8-9H;/q;;-1;. The second-order valence-electron chi connectivity index (χ2n) is 24.1. The van der Waals surface area contributed by atoms with Gasteiger partial charge >= 0.3 is 0 Å². The van der Waals surface area contributed by atoms with Crippen molar-refractivity contribution in [3.63, 3.8) is 0 Å². The van der Waals surface area contributed by atoms with Gasteiger partial charge in [0.25, 0.3) is 0 Å². The van der Waals surface area contributed by atoms with Gasteiger partial charge in [-0.05, 0) is 169 Å². The zero-order valence-electron chi connectivity index (χ0n) is 53.1. The van der Waals surface area contributed by atoms with E-state index in [4.69, 9.17) is 9.97 Å². The van der Waals surface area contributed by atoms with Gasteiger partial charge in [0.15, 0.2) is 0 Å². The maximum Gasteiger partial charge on any atom is 0.220 e. The summed E-state index contributed by atoms with van der Waals surface area (Å²) in [6.45, 7) is 2.17. The van der Waals surface area contributed by atoms with Crippen LogP contribution in [0.1, 0.15) is 12.7 Å². The molecule has 5 heterocycles. The molecule has 0 unspecified atom stereocenters. The van der Waals surface area contributed by atoms with E-state index in [0.717, 1.165) is 73.8 Å². The van der Waals surface area contributed by atoms with Crippen molar-refractivity contribution in [1.29, 1.82) is 0 Å². The topological polar surface area (TPSA) is 57.9 Å². The van der Waals surface area contributed by atoms with E-state index in [2.05, 4.69) is 333 Å². The molecule has 0 spiro atoms. The molecule has 97 heavy (non-hydrogen) atoms. The van der Waals surface area contributed by atoms with Crippen LogP contribution in [0.25, 0.3) is 155 Å². The Morgan fingerprint density at radius 2 is 0.773 bits per heavy atom. The summed E-state index contributed by atoms with van der Waals surface area (Å²) in [5.74, 6) is 2.00. The summed E-state index contributed by atoms with van der Waals surface area (Å²) in [5.41, 5.74) is 24.2. The van der Waals surface area contributed by atoms with Crippen molar-refractivity contribution < 1.29 is 20.1 Å². The average Bonchev–Trinajstić information content (AvgIpc) is 1.30. The number of imidazole rings is 3. The molecule has 14 aromatic carbocycles. The third-order valence-corrected chi connectivity index (χ3v) is 18.5. The molecule has 0 bridgehead atoms. The van der Waals surface area contributed by atoms with Crippen LogP contribution in [0.3, 0.4) is 0 Å². The van der Waals surface area contributed by atoms with Gasteiger partial charge in [-0.3, -0.25) is 13.5 Å². The third-order valence-electron chi connectivity index (χ3n) is 18.5. The minimum absolute atomic E-state index is 0. The Kier molecular flexibility index (Phi) is 16.1. The van der Waals surface area contributed by atoms with E-state index < -0.39 is 0 Å². The molecule has 0 N–H and O–H groups in total. The summed E-state index contributed by atoms with van der Waals surface area (Å²) in [7, 11) is 0. The van der Waals surface area contributed by atoms with E-state index >= 15 is 0 Å². The molecule has 8 heteroatoms. The van der Waals surface area contributed by atoms with Crippen molar-refractivity contribution in [3.05, 3.63) is 358 Å². The maximum absolute atomic E-state index is 5.06. The first-order valence-electron chi connectivity index (χ1n) is 32.7. The van der Waals surface area contributed by atoms with Gasteiger partial charge in [0, 0.05) is 60.6 Å². The number of para-hydroxylation sites is 7. The van der Waals surface area contributed by atoms with Crippen LogP contribution in [-0.2, 0) is 26.5 Å². The van der Waals surface area contributed by atoms with Crippen LogP contribution >= 0.6 is 0 Å². The summed E-state index contributed by atoms with van der Waals surface area (Å²) in [5, 5.41) is 7.56. The summed E-state index contributed by atoms with van der Waals surface area (Å²) in [4.78, 5) is 14.2. The van der Waals surface area contributed by atoms with Gasteiger partial charge in [-0.1, -0.05) is 225 Å². The van der Waals surface area contributed by atoms with Gasteiger partial charge in [0.2, 0.25) is 5.78 Å². The number of hydrogen-bond donors (Lipinski definition) is 0. The largest absolute Gasteiger partial charge is 0.309 e. The number of rotatable bonds is 9. The average molecular weight is 1420 g/mol. The molecule has 1 radical (unpaired) electrons. The fourth-order valence-electron chi connectivity index (χ4n) is 14.1. The number of aryl methyl sites for hydroxylation is 1. The van der Waals surface area contributed by atoms with E-state index in [1.165, 1.54) is 93.5 Å². The van der Waals surface area contributed by atoms with E-state index in [-0.39, 0.29) is 20.1 Å². The van der Waals surface area contributed by atoms with Gasteiger partial charge in [-0.15, -0.1) is 35.9 Å². The molecule has 0 aliphatic heterocycles. The summed E-state index contributed by atoms with van der Waals surface area (Å²) < 4.78 is 9.20. The Balaban J connectivity index is 0.000000129. The Bertz CT molecular complexity index is 5920. The quantitative estimate of drug-likeness (QED) is 0.107. The van der Waals surface area contributed by atoms with Gasteiger partial charge in [-0.25, -0.2) is 9.97 Å². The first kappa shape index (κ1) is 59.9. The Morgan fingerprint density at radius 1 is 0.309 bits per heavy atom. The normalized spacial score (nSPS) is 11.3. The Hall–Kier alpha value is -12.1. The summed E-state index contributed by atoms with van der Waals surface area (Å²) in [6, 6.07) is 123. The maximum atomic E-state index is 5.06.